The lowest BCUT2D eigenvalue weighted by atomic mass is 10.3. The average Bonchev–Trinajstić information content (AvgIpc) is 2.75. The van der Waals surface area contributed by atoms with Crippen molar-refractivity contribution in [3.8, 4) is 0 Å². The summed E-state index contributed by atoms with van der Waals surface area (Å²) >= 11 is 0. The zero-order valence-electron chi connectivity index (χ0n) is 9.00. The highest BCUT2D eigenvalue weighted by Crippen LogP contribution is 2.12. The number of nitrogens with zero attached hydrogens (tertiary/aromatic N) is 4. The maximum absolute atomic E-state index is 8.19. The molecule has 86 valence electrons. The van der Waals surface area contributed by atoms with Crippen LogP contribution in [0.5, 0.6) is 0 Å². The zero-order chi connectivity index (χ0) is 11.2. The second-order valence-electron chi connectivity index (χ2n) is 3.65. The highest BCUT2D eigenvalue weighted by Gasteiger charge is 2.12. The quantitative estimate of drug-likeness (QED) is 0.443. The van der Waals surface area contributed by atoms with E-state index in [1.54, 1.807) is 0 Å². The van der Waals surface area contributed by atoms with Gasteiger partial charge < -0.3 is 9.15 Å². The average molecular weight is 222 g/mol. The lowest BCUT2D eigenvalue weighted by Gasteiger charge is -2.25. The molecule has 6 heteroatoms. The molecule has 1 fully saturated rings. The van der Waals surface area contributed by atoms with Gasteiger partial charge in [0, 0.05) is 18.0 Å². The van der Waals surface area contributed by atoms with Crippen LogP contribution in [-0.2, 0) is 17.8 Å². The molecule has 1 aromatic heterocycles. The third kappa shape index (κ3) is 3.00. The second-order valence-corrected chi connectivity index (χ2v) is 3.65. The Hall–Kier alpha value is -1.49. The van der Waals surface area contributed by atoms with Crippen molar-refractivity contribution in [3.63, 3.8) is 0 Å². The molecule has 0 aliphatic carbocycles. The van der Waals surface area contributed by atoms with Crippen LogP contribution in [0.3, 0.4) is 0 Å². The van der Waals surface area contributed by atoms with Gasteiger partial charge in [-0.2, -0.15) is 0 Å². The Morgan fingerprint density at radius 1 is 1.31 bits per heavy atom. The Balaban J connectivity index is 1.88. The topological polar surface area (TPSA) is 74.4 Å². The standard InChI is InChI=1S/C10H14N4O2/c11-13-12-7-9-1-2-10(16-9)8-14-3-5-15-6-4-14/h1-2H,3-8H2. The van der Waals surface area contributed by atoms with E-state index in [4.69, 9.17) is 14.7 Å². The number of hydrogen-bond acceptors (Lipinski definition) is 4. The number of azide groups is 1. The van der Waals surface area contributed by atoms with Crippen molar-refractivity contribution in [3.05, 3.63) is 34.1 Å². The molecule has 0 spiro atoms. The van der Waals surface area contributed by atoms with Gasteiger partial charge >= 0.3 is 0 Å². The molecular formula is C10H14N4O2. The Morgan fingerprint density at radius 2 is 2.06 bits per heavy atom. The number of morpholine rings is 1. The van der Waals surface area contributed by atoms with Crippen molar-refractivity contribution < 1.29 is 9.15 Å². The summed E-state index contributed by atoms with van der Waals surface area (Å²) in [5.41, 5.74) is 8.19. The minimum absolute atomic E-state index is 0.277. The van der Waals surface area contributed by atoms with Crippen molar-refractivity contribution >= 4 is 0 Å². The predicted molar refractivity (Wildman–Crippen MR) is 57.7 cm³/mol. The summed E-state index contributed by atoms with van der Waals surface area (Å²) in [7, 11) is 0. The van der Waals surface area contributed by atoms with Crippen molar-refractivity contribution in [2.45, 2.75) is 13.1 Å². The highest BCUT2D eigenvalue weighted by molar-refractivity contribution is 5.07. The van der Waals surface area contributed by atoms with Gasteiger partial charge in [-0.1, -0.05) is 5.11 Å². The maximum Gasteiger partial charge on any atom is 0.118 e. The molecular weight excluding hydrogens is 208 g/mol. The van der Waals surface area contributed by atoms with Crippen molar-refractivity contribution in [2.24, 2.45) is 5.11 Å². The number of hydrogen-bond donors (Lipinski definition) is 0. The summed E-state index contributed by atoms with van der Waals surface area (Å²) in [5, 5.41) is 3.46. The molecule has 16 heavy (non-hydrogen) atoms. The third-order valence-electron chi connectivity index (χ3n) is 2.49. The summed E-state index contributed by atoms with van der Waals surface area (Å²) in [6.07, 6.45) is 0. The van der Waals surface area contributed by atoms with Crippen LogP contribution in [-0.4, -0.2) is 31.2 Å². The van der Waals surface area contributed by atoms with E-state index in [0.717, 1.165) is 38.6 Å². The molecule has 1 aliphatic heterocycles. The van der Waals surface area contributed by atoms with Crippen LogP contribution in [0.1, 0.15) is 11.5 Å². The molecule has 2 heterocycles. The normalized spacial score (nSPS) is 17.0. The summed E-state index contributed by atoms with van der Waals surface area (Å²) < 4.78 is 10.8. The molecule has 6 nitrogen and oxygen atoms in total. The first-order chi connectivity index (χ1) is 7.88. The van der Waals surface area contributed by atoms with Crippen LogP contribution in [0, 0.1) is 0 Å². The molecule has 1 aliphatic rings. The van der Waals surface area contributed by atoms with E-state index in [-0.39, 0.29) is 6.54 Å². The van der Waals surface area contributed by atoms with E-state index in [1.807, 2.05) is 12.1 Å². The smallest absolute Gasteiger partial charge is 0.118 e. The number of rotatable bonds is 4. The van der Waals surface area contributed by atoms with Gasteiger partial charge in [0.2, 0.25) is 0 Å². The minimum atomic E-state index is 0.277. The fraction of sp³-hybridized carbons (Fsp3) is 0.600. The van der Waals surface area contributed by atoms with E-state index in [0.29, 0.717) is 5.76 Å². The van der Waals surface area contributed by atoms with E-state index in [1.165, 1.54) is 0 Å². The SMILES string of the molecule is [N-]=[N+]=NCc1ccc(CN2CCOCC2)o1. The van der Waals surface area contributed by atoms with Crippen LogP contribution in [0.25, 0.3) is 10.4 Å². The maximum atomic E-state index is 8.19. The molecule has 1 saturated heterocycles. The Labute approximate surface area is 93.4 Å². The van der Waals surface area contributed by atoms with Crippen molar-refractivity contribution in [1.82, 2.24) is 4.90 Å². The number of ether oxygens (including phenoxy) is 1. The highest BCUT2D eigenvalue weighted by atomic mass is 16.5. The molecule has 2 rings (SSSR count). The molecule has 0 N–H and O–H groups in total. The molecule has 0 unspecified atom stereocenters. The van der Waals surface area contributed by atoms with Crippen molar-refractivity contribution in [2.75, 3.05) is 26.3 Å². The van der Waals surface area contributed by atoms with Gasteiger partial charge in [0.15, 0.2) is 0 Å². The van der Waals surface area contributed by atoms with Gasteiger partial charge in [0.05, 0.1) is 26.3 Å². The molecule has 0 radical (unpaired) electrons. The molecule has 0 saturated carbocycles. The summed E-state index contributed by atoms with van der Waals surface area (Å²) in [5.74, 6) is 1.62. The summed E-state index contributed by atoms with van der Waals surface area (Å²) in [4.78, 5) is 4.97. The lowest BCUT2D eigenvalue weighted by molar-refractivity contribution is 0.0312. The van der Waals surface area contributed by atoms with Gasteiger partial charge in [-0.25, -0.2) is 0 Å². The lowest BCUT2D eigenvalue weighted by Crippen LogP contribution is -2.35. The van der Waals surface area contributed by atoms with Crippen LogP contribution in [0.4, 0.5) is 0 Å². The predicted octanol–water partition coefficient (Wildman–Crippen LogP) is 1.92. The third-order valence-corrected chi connectivity index (χ3v) is 2.49. The molecule has 0 amide bonds. The van der Waals surface area contributed by atoms with Crippen LogP contribution < -0.4 is 0 Å². The van der Waals surface area contributed by atoms with Crippen molar-refractivity contribution in [1.29, 1.82) is 0 Å². The van der Waals surface area contributed by atoms with E-state index in [9.17, 15) is 0 Å². The monoisotopic (exact) mass is 222 g/mol. The Morgan fingerprint density at radius 3 is 2.81 bits per heavy atom. The van der Waals surface area contributed by atoms with Gasteiger partial charge in [0.1, 0.15) is 11.5 Å². The van der Waals surface area contributed by atoms with Crippen LogP contribution in [0.15, 0.2) is 21.7 Å². The van der Waals surface area contributed by atoms with Gasteiger partial charge in [-0.3, -0.25) is 4.90 Å². The summed E-state index contributed by atoms with van der Waals surface area (Å²) in [6.45, 7) is 4.51. The Kier molecular flexibility index (Phi) is 3.82. The molecule has 0 aromatic carbocycles. The van der Waals surface area contributed by atoms with E-state index in [2.05, 4.69) is 14.9 Å². The van der Waals surface area contributed by atoms with Gasteiger partial charge in [0.25, 0.3) is 0 Å². The Bertz CT molecular complexity index is 378. The largest absolute Gasteiger partial charge is 0.465 e. The zero-order valence-corrected chi connectivity index (χ0v) is 9.00. The number of furan rings is 1. The van der Waals surface area contributed by atoms with Crippen LogP contribution in [0.2, 0.25) is 0 Å². The first-order valence-corrected chi connectivity index (χ1v) is 5.27. The molecule has 1 aromatic rings. The van der Waals surface area contributed by atoms with Gasteiger partial charge in [-0.05, 0) is 17.7 Å². The minimum Gasteiger partial charge on any atom is -0.465 e. The second kappa shape index (κ2) is 5.55. The van der Waals surface area contributed by atoms with Gasteiger partial charge in [-0.15, -0.1) is 0 Å². The first-order valence-electron chi connectivity index (χ1n) is 5.27. The summed E-state index contributed by atoms with van der Waals surface area (Å²) in [6, 6.07) is 3.78. The van der Waals surface area contributed by atoms with E-state index >= 15 is 0 Å². The fourth-order valence-corrected chi connectivity index (χ4v) is 1.67. The fourth-order valence-electron chi connectivity index (χ4n) is 1.67. The first kappa shape index (κ1) is 11.0. The van der Waals surface area contributed by atoms with E-state index < -0.39 is 0 Å². The molecule has 0 atom stereocenters. The molecule has 0 bridgehead atoms. The van der Waals surface area contributed by atoms with Crippen LogP contribution >= 0.6 is 0 Å².